The Balaban J connectivity index is 2.27. The maximum Gasteiger partial charge on any atom is 0.340 e. The molecular formula is C20H30NO+. The summed E-state index contributed by atoms with van der Waals surface area (Å²) < 4.78 is 9.08. The highest BCUT2D eigenvalue weighted by molar-refractivity contribution is 5.75. The van der Waals surface area contributed by atoms with Crippen LogP contribution < -0.4 is 0 Å². The first-order chi connectivity index (χ1) is 10.2. The van der Waals surface area contributed by atoms with E-state index in [1.54, 1.807) is 0 Å². The molecule has 2 heteroatoms. The van der Waals surface area contributed by atoms with Gasteiger partial charge < -0.3 is 4.74 Å². The van der Waals surface area contributed by atoms with Crippen molar-refractivity contribution < 1.29 is 9.31 Å². The van der Waals surface area contributed by atoms with E-state index in [9.17, 15) is 0 Å². The smallest absolute Gasteiger partial charge is 0.340 e. The van der Waals surface area contributed by atoms with E-state index in [0.29, 0.717) is 12.0 Å². The molecule has 0 unspecified atom stereocenters. The first-order valence-electron chi connectivity index (χ1n) is 8.62. The predicted molar refractivity (Wildman–Crippen MR) is 91.6 cm³/mol. The van der Waals surface area contributed by atoms with E-state index < -0.39 is 0 Å². The third kappa shape index (κ3) is 1.96. The first kappa shape index (κ1) is 15.6. The summed E-state index contributed by atoms with van der Waals surface area (Å²) in [4.78, 5) is 0. The van der Waals surface area contributed by atoms with Crippen molar-refractivity contribution in [2.24, 2.45) is 5.92 Å². The predicted octanol–water partition coefficient (Wildman–Crippen LogP) is 4.46. The fourth-order valence-electron chi connectivity index (χ4n) is 4.54. The van der Waals surface area contributed by atoms with Gasteiger partial charge in [0.05, 0.1) is 5.92 Å². The van der Waals surface area contributed by atoms with E-state index in [4.69, 9.17) is 4.74 Å². The lowest BCUT2D eigenvalue weighted by Gasteiger charge is -2.42. The molecule has 0 bridgehead atoms. The summed E-state index contributed by atoms with van der Waals surface area (Å²) in [5.74, 6) is 1.58. The number of hydrogen-bond donors (Lipinski definition) is 0. The number of benzene rings is 1. The van der Waals surface area contributed by atoms with Crippen LogP contribution in [0.3, 0.4) is 0 Å². The molecule has 1 aromatic rings. The van der Waals surface area contributed by atoms with Crippen LogP contribution in [0.5, 0.6) is 0 Å². The highest BCUT2D eigenvalue weighted by Crippen LogP contribution is 2.50. The highest BCUT2D eigenvalue weighted by Gasteiger charge is 2.61. The van der Waals surface area contributed by atoms with E-state index in [2.05, 4.69) is 77.3 Å². The van der Waals surface area contributed by atoms with Crippen LogP contribution in [-0.4, -0.2) is 22.6 Å². The molecule has 0 spiro atoms. The van der Waals surface area contributed by atoms with Crippen molar-refractivity contribution in [3.63, 3.8) is 0 Å². The number of nitrogens with zero attached hydrogens (tertiary/aromatic N) is 1. The summed E-state index contributed by atoms with van der Waals surface area (Å²) in [6.07, 6.45) is 1.30. The van der Waals surface area contributed by atoms with Gasteiger partial charge in [0.1, 0.15) is 0 Å². The molecule has 3 rings (SSSR count). The molecule has 0 fully saturated rings. The Morgan fingerprint density at radius 3 is 2.18 bits per heavy atom. The van der Waals surface area contributed by atoms with Crippen molar-refractivity contribution >= 4 is 5.90 Å². The van der Waals surface area contributed by atoms with Gasteiger partial charge in [0, 0.05) is 18.9 Å². The van der Waals surface area contributed by atoms with Crippen LogP contribution in [0.4, 0.5) is 0 Å². The summed E-state index contributed by atoms with van der Waals surface area (Å²) in [5, 5.41) is 0. The second-order valence-corrected chi connectivity index (χ2v) is 8.34. The highest BCUT2D eigenvalue weighted by atomic mass is 16.5. The zero-order chi connectivity index (χ0) is 16.3. The molecule has 1 aliphatic carbocycles. The van der Waals surface area contributed by atoms with Crippen LogP contribution in [0.1, 0.15) is 66.0 Å². The molecule has 1 aliphatic heterocycles. The Labute approximate surface area is 135 Å². The van der Waals surface area contributed by atoms with Gasteiger partial charge in [-0.2, -0.15) is 4.58 Å². The molecule has 1 aromatic carbocycles. The van der Waals surface area contributed by atoms with Crippen LogP contribution in [0, 0.1) is 5.92 Å². The van der Waals surface area contributed by atoms with Gasteiger partial charge in [0.25, 0.3) is 0 Å². The molecule has 22 heavy (non-hydrogen) atoms. The zero-order valence-electron chi connectivity index (χ0n) is 15.1. The molecule has 0 amide bonds. The van der Waals surface area contributed by atoms with Crippen LogP contribution in [0.15, 0.2) is 24.3 Å². The average Bonchev–Trinajstić information content (AvgIpc) is 2.73. The van der Waals surface area contributed by atoms with Gasteiger partial charge in [0.2, 0.25) is 5.54 Å². The quantitative estimate of drug-likeness (QED) is 0.735. The molecule has 120 valence electrons. The topological polar surface area (TPSA) is 12.2 Å². The van der Waals surface area contributed by atoms with E-state index in [0.717, 1.165) is 12.3 Å². The van der Waals surface area contributed by atoms with Gasteiger partial charge in [-0.25, -0.2) is 0 Å². The summed E-state index contributed by atoms with van der Waals surface area (Å²) in [6.45, 7) is 16.1. The van der Waals surface area contributed by atoms with Crippen LogP contribution in [-0.2, 0) is 15.7 Å². The molecule has 0 aromatic heterocycles. The van der Waals surface area contributed by atoms with Gasteiger partial charge in [-0.15, -0.1) is 0 Å². The van der Waals surface area contributed by atoms with Gasteiger partial charge in [-0.3, -0.25) is 0 Å². The van der Waals surface area contributed by atoms with Crippen molar-refractivity contribution in [2.45, 2.75) is 78.0 Å². The summed E-state index contributed by atoms with van der Waals surface area (Å²) in [7, 11) is 0. The molecule has 1 heterocycles. The Hall–Kier alpha value is -1.31. The van der Waals surface area contributed by atoms with E-state index in [-0.39, 0.29) is 17.1 Å². The Morgan fingerprint density at radius 2 is 1.64 bits per heavy atom. The summed E-state index contributed by atoms with van der Waals surface area (Å²) in [6, 6.07) is 9.40. The lowest BCUT2D eigenvalue weighted by Crippen LogP contribution is -2.52. The van der Waals surface area contributed by atoms with Gasteiger partial charge in [0.15, 0.2) is 12.1 Å². The van der Waals surface area contributed by atoms with Gasteiger partial charge in [-0.1, -0.05) is 38.1 Å². The molecule has 2 aliphatic rings. The minimum Gasteiger partial charge on any atom is -0.437 e. The summed E-state index contributed by atoms with van der Waals surface area (Å²) in [5.41, 5.74) is 3.03. The largest absolute Gasteiger partial charge is 0.437 e. The molecule has 0 N–H and O–H groups in total. The molecule has 0 saturated carbocycles. The number of fused-ring (bicyclic) bond motifs is 3. The fraction of sp³-hybridized carbons (Fsp3) is 0.650. The maximum absolute atomic E-state index is 6.54. The second kappa shape index (κ2) is 4.84. The molecule has 0 radical (unpaired) electrons. The molecular weight excluding hydrogens is 270 g/mol. The van der Waals surface area contributed by atoms with E-state index >= 15 is 0 Å². The minimum absolute atomic E-state index is 0.0557. The van der Waals surface area contributed by atoms with Crippen molar-refractivity contribution in [1.29, 1.82) is 0 Å². The lowest BCUT2D eigenvalue weighted by atomic mass is 9.64. The summed E-state index contributed by atoms with van der Waals surface area (Å²) >= 11 is 0. The van der Waals surface area contributed by atoms with Crippen LogP contribution in [0.25, 0.3) is 0 Å². The Bertz CT molecular complexity index is 626. The standard InChI is InChI=1S/C20H30NO/c1-13(2)18-21(14(3)4)20(7)16-11-9-8-10-15(16)19(5,6)12-17(20)22-18/h8-11,13-14,17H,12H2,1-7H3/q+1/t17-,20+/m0/s1. The maximum atomic E-state index is 6.54. The Kier molecular flexibility index (Phi) is 3.43. The normalized spacial score (nSPS) is 29.6. The SMILES string of the molecule is CC(C)C1=[N+](C(C)C)[C@]2(C)c3ccccc3C(C)(C)C[C@@H]2O1. The number of ether oxygens (including phenoxy) is 1. The van der Waals surface area contributed by atoms with Crippen molar-refractivity contribution in [3.05, 3.63) is 35.4 Å². The lowest BCUT2D eigenvalue weighted by molar-refractivity contribution is -0.637. The average molecular weight is 300 g/mol. The zero-order valence-corrected chi connectivity index (χ0v) is 15.1. The van der Waals surface area contributed by atoms with Crippen molar-refractivity contribution in [2.75, 3.05) is 0 Å². The molecule has 2 nitrogen and oxygen atoms in total. The third-order valence-corrected chi connectivity index (χ3v) is 5.54. The number of rotatable bonds is 2. The third-order valence-electron chi connectivity index (χ3n) is 5.54. The van der Waals surface area contributed by atoms with E-state index in [1.807, 2.05) is 0 Å². The van der Waals surface area contributed by atoms with Gasteiger partial charge in [-0.05, 0) is 38.7 Å². The van der Waals surface area contributed by atoms with Crippen LogP contribution >= 0.6 is 0 Å². The van der Waals surface area contributed by atoms with Gasteiger partial charge >= 0.3 is 5.90 Å². The monoisotopic (exact) mass is 300 g/mol. The van der Waals surface area contributed by atoms with Crippen molar-refractivity contribution in [3.8, 4) is 0 Å². The second-order valence-electron chi connectivity index (χ2n) is 8.34. The molecule has 0 saturated heterocycles. The Morgan fingerprint density at radius 1 is 1.05 bits per heavy atom. The minimum atomic E-state index is -0.0557. The van der Waals surface area contributed by atoms with Crippen molar-refractivity contribution in [1.82, 2.24) is 0 Å². The van der Waals surface area contributed by atoms with Crippen LogP contribution in [0.2, 0.25) is 0 Å². The molecule has 2 atom stereocenters. The first-order valence-corrected chi connectivity index (χ1v) is 8.62. The number of hydrogen-bond acceptors (Lipinski definition) is 1. The fourth-order valence-corrected chi connectivity index (χ4v) is 4.54. The van der Waals surface area contributed by atoms with E-state index in [1.165, 1.54) is 11.1 Å².